The topological polar surface area (TPSA) is 43.2 Å². The summed E-state index contributed by atoms with van der Waals surface area (Å²) in [6, 6.07) is 1.82. The van der Waals surface area contributed by atoms with E-state index in [0.717, 1.165) is 43.2 Å². The molecule has 1 unspecified atom stereocenters. The maximum absolute atomic E-state index is 6.02. The quantitative estimate of drug-likeness (QED) is 0.809. The summed E-state index contributed by atoms with van der Waals surface area (Å²) in [5.74, 6) is 1.15. The van der Waals surface area contributed by atoms with E-state index in [0.29, 0.717) is 17.4 Å². The number of fused-ring (bicyclic) bond motifs is 1. The highest BCUT2D eigenvalue weighted by molar-refractivity contribution is 6.31. The van der Waals surface area contributed by atoms with E-state index in [4.69, 9.17) is 27.9 Å². The van der Waals surface area contributed by atoms with Gasteiger partial charge in [0.2, 0.25) is 0 Å². The number of imidazole rings is 1. The number of hydrogen-bond donors (Lipinski definition) is 0. The minimum absolute atomic E-state index is 0.135. The average molecular weight is 329 g/mol. The van der Waals surface area contributed by atoms with Crippen molar-refractivity contribution in [2.75, 3.05) is 26.2 Å². The summed E-state index contributed by atoms with van der Waals surface area (Å²) < 4.78 is 7.91. The maximum Gasteiger partial charge on any atom is 0.160 e. The van der Waals surface area contributed by atoms with Crippen molar-refractivity contribution in [2.24, 2.45) is 0 Å². The van der Waals surface area contributed by atoms with Crippen molar-refractivity contribution >= 4 is 34.4 Å². The molecule has 21 heavy (non-hydrogen) atoms. The molecular formula is C14H18Cl2N4O. The summed E-state index contributed by atoms with van der Waals surface area (Å²) in [7, 11) is 0. The highest BCUT2D eigenvalue weighted by Gasteiger charge is 2.22. The third-order valence-electron chi connectivity index (χ3n) is 3.81. The first-order valence-electron chi connectivity index (χ1n) is 7.11. The Morgan fingerprint density at radius 3 is 3.10 bits per heavy atom. The molecule has 1 fully saturated rings. The second-order valence-corrected chi connectivity index (χ2v) is 5.86. The Hall–Kier alpha value is -0.880. The number of aromatic nitrogens is 3. The maximum atomic E-state index is 6.02. The Labute approximate surface area is 133 Å². The highest BCUT2D eigenvalue weighted by atomic mass is 35.5. The smallest absolute Gasteiger partial charge is 0.160 e. The van der Waals surface area contributed by atoms with Crippen LogP contribution in [0.15, 0.2) is 12.3 Å². The molecule has 0 bridgehead atoms. The van der Waals surface area contributed by atoms with Crippen LogP contribution in [-0.2, 0) is 17.2 Å². The first-order chi connectivity index (χ1) is 10.2. The number of rotatable bonds is 4. The molecule has 1 saturated heterocycles. The fourth-order valence-electron chi connectivity index (χ4n) is 2.71. The molecule has 0 saturated carbocycles. The SMILES string of the molecule is CCN1CCOC(Cn2c(CCl)nc3cc(Cl)cnc32)C1. The van der Waals surface area contributed by atoms with Gasteiger partial charge in [-0.1, -0.05) is 18.5 Å². The molecule has 1 atom stereocenters. The molecule has 0 amide bonds. The van der Waals surface area contributed by atoms with E-state index in [1.54, 1.807) is 6.20 Å². The summed E-state index contributed by atoms with van der Waals surface area (Å²) in [6.45, 7) is 6.60. The molecule has 5 nitrogen and oxygen atoms in total. The van der Waals surface area contributed by atoms with Gasteiger partial charge in [-0.05, 0) is 12.6 Å². The van der Waals surface area contributed by atoms with Crippen LogP contribution in [0.4, 0.5) is 0 Å². The molecule has 2 aromatic rings. The molecule has 2 aromatic heterocycles. The molecule has 0 aromatic carbocycles. The molecule has 1 aliphatic heterocycles. The predicted molar refractivity (Wildman–Crippen MR) is 83.9 cm³/mol. The molecule has 1 aliphatic rings. The Balaban J connectivity index is 1.88. The van der Waals surface area contributed by atoms with Gasteiger partial charge in [0.25, 0.3) is 0 Å². The van der Waals surface area contributed by atoms with E-state index in [9.17, 15) is 0 Å². The summed E-state index contributed by atoms with van der Waals surface area (Å²) in [6.07, 6.45) is 1.77. The summed E-state index contributed by atoms with van der Waals surface area (Å²) in [4.78, 5) is 11.3. The Kier molecular flexibility index (Phi) is 4.64. The summed E-state index contributed by atoms with van der Waals surface area (Å²) in [5, 5.41) is 0.583. The Bertz CT molecular complexity index is 631. The van der Waals surface area contributed by atoms with Crippen LogP contribution in [0, 0.1) is 0 Å². The van der Waals surface area contributed by atoms with Crippen LogP contribution in [0.3, 0.4) is 0 Å². The molecule has 3 rings (SSSR count). The van der Waals surface area contributed by atoms with Crippen molar-refractivity contribution in [3.63, 3.8) is 0 Å². The zero-order valence-electron chi connectivity index (χ0n) is 11.9. The molecule has 0 N–H and O–H groups in total. The lowest BCUT2D eigenvalue weighted by Gasteiger charge is -2.32. The fourth-order valence-corrected chi connectivity index (χ4v) is 3.07. The largest absolute Gasteiger partial charge is 0.374 e. The van der Waals surface area contributed by atoms with Gasteiger partial charge in [-0.3, -0.25) is 4.90 Å². The number of hydrogen-bond acceptors (Lipinski definition) is 4. The van der Waals surface area contributed by atoms with E-state index < -0.39 is 0 Å². The van der Waals surface area contributed by atoms with Crippen molar-refractivity contribution in [1.82, 2.24) is 19.4 Å². The van der Waals surface area contributed by atoms with Gasteiger partial charge in [-0.2, -0.15) is 0 Å². The van der Waals surface area contributed by atoms with Crippen LogP contribution in [0.5, 0.6) is 0 Å². The number of nitrogens with zero attached hydrogens (tertiary/aromatic N) is 4. The van der Waals surface area contributed by atoms with Gasteiger partial charge in [0.15, 0.2) is 5.65 Å². The number of alkyl halides is 1. The Morgan fingerprint density at radius 2 is 2.33 bits per heavy atom. The molecular weight excluding hydrogens is 311 g/mol. The van der Waals surface area contributed by atoms with E-state index >= 15 is 0 Å². The standard InChI is InChI=1S/C14H18Cl2N4O/c1-2-19-3-4-21-11(8-19)9-20-13(6-15)18-12-5-10(16)7-17-14(12)20/h5,7,11H,2-4,6,8-9H2,1H3. The number of ether oxygens (including phenoxy) is 1. The van der Waals surface area contributed by atoms with Gasteiger partial charge >= 0.3 is 0 Å². The zero-order valence-corrected chi connectivity index (χ0v) is 13.4. The van der Waals surface area contributed by atoms with Gasteiger partial charge in [0.05, 0.1) is 30.2 Å². The Morgan fingerprint density at radius 1 is 1.48 bits per heavy atom. The number of likely N-dealkylation sites (N-methyl/N-ethyl adjacent to an activating group) is 1. The van der Waals surface area contributed by atoms with Crippen molar-refractivity contribution in [2.45, 2.75) is 25.5 Å². The minimum atomic E-state index is 0.135. The van der Waals surface area contributed by atoms with Gasteiger partial charge in [-0.25, -0.2) is 9.97 Å². The van der Waals surface area contributed by atoms with Crippen LogP contribution < -0.4 is 0 Å². The highest BCUT2D eigenvalue weighted by Crippen LogP contribution is 2.20. The molecule has 0 aliphatic carbocycles. The van der Waals surface area contributed by atoms with Gasteiger partial charge in [0, 0.05) is 19.3 Å². The fraction of sp³-hybridized carbons (Fsp3) is 0.571. The molecule has 0 spiro atoms. The average Bonchev–Trinajstić information content (AvgIpc) is 2.84. The van der Waals surface area contributed by atoms with Crippen molar-refractivity contribution in [3.05, 3.63) is 23.1 Å². The normalized spacial score (nSPS) is 20.2. The summed E-state index contributed by atoms with van der Waals surface area (Å²) >= 11 is 12.0. The number of halogens is 2. The third-order valence-corrected chi connectivity index (χ3v) is 4.25. The van der Waals surface area contributed by atoms with Crippen LogP contribution in [0.1, 0.15) is 12.7 Å². The second kappa shape index (κ2) is 6.48. The molecule has 114 valence electrons. The zero-order chi connectivity index (χ0) is 14.8. The second-order valence-electron chi connectivity index (χ2n) is 5.15. The lowest BCUT2D eigenvalue weighted by Crippen LogP contribution is -2.44. The van der Waals surface area contributed by atoms with Crippen LogP contribution in [0.2, 0.25) is 5.02 Å². The first kappa shape index (κ1) is 15.0. The van der Waals surface area contributed by atoms with Crippen LogP contribution >= 0.6 is 23.2 Å². The van der Waals surface area contributed by atoms with E-state index in [1.807, 2.05) is 10.6 Å². The van der Waals surface area contributed by atoms with Gasteiger partial charge in [-0.15, -0.1) is 11.6 Å². The molecule has 3 heterocycles. The van der Waals surface area contributed by atoms with E-state index in [-0.39, 0.29) is 6.10 Å². The van der Waals surface area contributed by atoms with Crippen molar-refractivity contribution in [1.29, 1.82) is 0 Å². The minimum Gasteiger partial charge on any atom is -0.374 e. The van der Waals surface area contributed by atoms with Crippen LogP contribution in [-0.4, -0.2) is 51.8 Å². The lowest BCUT2D eigenvalue weighted by molar-refractivity contribution is -0.0341. The van der Waals surface area contributed by atoms with Gasteiger partial charge in [0.1, 0.15) is 11.3 Å². The molecule has 7 heteroatoms. The van der Waals surface area contributed by atoms with Crippen molar-refractivity contribution in [3.8, 4) is 0 Å². The van der Waals surface area contributed by atoms with Crippen LogP contribution in [0.25, 0.3) is 11.2 Å². The third kappa shape index (κ3) is 3.16. The number of morpholine rings is 1. The number of pyridine rings is 1. The van der Waals surface area contributed by atoms with E-state index in [1.165, 1.54) is 0 Å². The van der Waals surface area contributed by atoms with Gasteiger partial charge < -0.3 is 9.30 Å². The summed E-state index contributed by atoms with van der Waals surface area (Å²) in [5.41, 5.74) is 1.59. The van der Waals surface area contributed by atoms with Crippen molar-refractivity contribution < 1.29 is 4.74 Å². The monoisotopic (exact) mass is 328 g/mol. The first-order valence-corrected chi connectivity index (χ1v) is 8.03. The predicted octanol–water partition coefficient (Wildman–Crippen LogP) is 2.54. The van der Waals surface area contributed by atoms with E-state index in [2.05, 4.69) is 21.8 Å². The lowest BCUT2D eigenvalue weighted by atomic mass is 10.2. The molecule has 0 radical (unpaired) electrons.